The molecule has 4 nitrogen and oxygen atoms in total. The van der Waals surface area contributed by atoms with Crippen LogP contribution in [0, 0.1) is 0 Å². The fraction of sp³-hybridized carbons (Fsp3) is 0.480. The van der Waals surface area contributed by atoms with Crippen LogP contribution in [0.4, 0.5) is 0 Å². The number of hydrogen-bond acceptors (Lipinski definition) is 3. The predicted molar refractivity (Wildman–Crippen MR) is 116 cm³/mol. The summed E-state index contributed by atoms with van der Waals surface area (Å²) in [6.45, 7) is 2.67. The summed E-state index contributed by atoms with van der Waals surface area (Å²) in [5, 5.41) is 3.03. The van der Waals surface area contributed by atoms with Gasteiger partial charge in [-0.1, -0.05) is 37.6 Å². The van der Waals surface area contributed by atoms with Crippen LogP contribution >= 0.6 is 0 Å². The number of hydrogen-bond donors (Lipinski definition) is 1. The zero-order valence-corrected chi connectivity index (χ0v) is 17.6. The highest BCUT2D eigenvalue weighted by Gasteiger charge is 2.39. The number of nitrogens with one attached hydrogen (secondary N) is 1. The lowest BCUT2D eigenvalue weighted by molar-refractivity contribution is 0.0661. The second-order valence-corrected chi connectivity index (χ2v) is 8.54. The van der Waals surface area contributed by atoms with Crippen molar-refractivity contribution in [2.75, 3.05) is 7.05 Å². The molecule has 2 aromatic rings. The molecule has 0 saturated carbocycles. The van der Waals surface area contributed by atoms with Crippen molar-refractivity contribution < 1.29 is 9.53 Å². The Labute approximate surface area is 174 Å². The predicted octanol–water partition coefficient (Wildman–Crippen LogP) is 4.57. The van der Waals surface area contributed by atoms with E-state index >= 15 is 0 Å². The molecule has 2 heterocycles. The highest BCUT2D eigenvalue weighted by Crippen LogP contribution is 2.36. The minimum absolute atomic E-state index is 0.0359. The average Bonchev–Trinajstić information content (AvgIpc) is 2.94. The standard InChI is InChI=1S/C25H32N2O2/c1-3-5-18-8-10-20(11-9-18)25(28)26-17-19-6-4-7-23(14-19)29-24-15-21-12-13-22(16-24)27(21)2/h4,6-11,14,21-22,24H,3,5,12-13,15-17H2,1-2H3,(H,26,28)/t21-,22+,24+. The first-order valence-corrected chi connectivity index (χ1v) is 11.0. The number of rotatable bonds is 7. The van der Waals surface area contributed by atoms with Gasteiger partial charge in [0.25, 0.3) is 5.91 Å². The topological polar surface area (TPSA) is 41.6 Å². The molecule has 2 aliphatic heterocycles. The normalized spacial score (nSPS) is 23.7. The largest absolute Gasteiger partial charge is 0.490 e. The molecule has 154 valence electrons. The Bertz CT molecular complexity index is 819. The van der Waals surface area contributed by atoms with Crippen molar-refractivity contribution in [3.8, 4) is 5.75 Å². The second kappa shape index (κ2) is 9.00. The minimum Gasteiger partial charge on any atom is -0.490 e. The number of carbonyl (C=O) groups is 1. The molecule has 0 spiro atoms. The van der Waals surface area contributed by atoms with Crippen LogP contribution in [0.1, 0.15) is 60.5 Å². The summed E-state index contributed by atoms with van der Waals surface area (Å²) >= 11 is 0. The Morgan fingerprint density at radius 2 is 1.79 bits per heavy atom. The highest BCUT2D eigenvalue weighted by molar-refractivity contribution is 5.94. The number of nitrogens with zero attached hydrogens (tertiary/aromatic N) is 1. The van der Waals surface area contributed by atoms with Crippen LogP contribution in [0.2, 0.25) is 0 Å². The summed E-state index contributed by atoms with van der Waals surface area (Å²) in [4.78, 5) is 15.0. The smallest absolute Gasteiger partial charge is 0.251 e. The summed E-state index contributed by atoms with van der Waals surface area (Å²) in [5.41, 5.74) is 3.05. The number of aryl methyl sites for hydroxylation is 1. The Morgan fingerprint density at radius 3 is 2.48 bits per heavy atom. The third kappa shape index (κ3) is 4.81. The van der Waals surface area contributed by atoms with Gasteiger partial charge in [0.05, 0.1) is 0 Å². The Hall–Kier alpha value is -2.33. The van der Waals surface area contributed by atoms with Gasteiger partial charge in [-0.15, -0.1) is 0 Å². The maximum absolute atomic E-state index is 12.5. The number of piperidine rings is 1. The molecular formula is C25H32N2O2. The van der Waals surface area contributed by atoms with Gasteiger partial charge in [0.1, 0.15) is 11.9 Å². The first-order valence-electron chi connectivity index (χ1n) is 11.0. The van der Waals surface area contributed by atoms with Crippen LogP contribution in [0.5, 0.6) is 5.75 Å². The highest BCUT2D eigenvalue weighted by atomic mass is 16.5. The minimum atomic E-state index is -0.0359. The number of amides is 1. The van der Waals surface area contributed by atoms with Crippen molar-refractivity contribution in [3.63, 3.8) is 0 Å². The van der Waals surface area contributed by atoms with E-state index in [1.807, 2.05) is 42.5 Å². The number of fused-ring (bicyclic) bond motifs is 2. The summed E-state index contributed by atoms with van der Waals surface area (Å²) in [5.74, 6) is 0.876. The van der Waals surface area contributed by atoms with Gasteiger partial charge < -0.3 is 15.0 Å². The van der Waals surface area contributed by atoms with E-state index in [-0.39, 0.29) is 5.91 Å². The number of ether oxygens (including phenoxy) is 1. The fourth-order valence-electron chi connectivity index (χ4n) is 4.77. The molecule has 2 aliphatic rings. The number of benzene rings is 2. The second-order valence-electron chi connectivity index (χ2n) is 8.54. The van der Waals surface area contributed by atoms with E-state index < -0.39 is 0 Å². The lowest BCUT2D eigenvalue weighted by Gasteiger charge is -2.36. The molecule has 1 amide bonds. The third-order valence-electron chi connectivity index (χ3n) is 6.46. The van der Waals surface area contributed by atoms with Gasteiger partial charge in [0.2, 0.25) is 0 Å². The molecule has 2 saturated heterocycles. The molecule has 4 rings (SSSR count). The van der Waals surface area contributed by atoms with E-state index in [9.17, 15) is 4.79 Å². The van der Waals surface area contributed by atoms with E-state index in [0.29, 0.717) is 30.3 Å². The summed E-state index contributed by atoms with van der Waals surface area (Å²) in [6.07, 6.45) is 7.29. The monoisotopic (exact) mass is 392 g/mol. The molecule has 0 aliphatic carbocycles. The molecule has 0 radical (unpaired) electrons. The SMILES string of the molecule is CCCc1ccc(C(=O)NCc2cccc(O[C@H]3C[C@H]4CC[C@@H](C3)N4C)c2)cc1. The third-order valence-corrected chi connectivity index (χ3v) is 6.46. The quantitative estimate of drug-likeness (QED) is 0.750. The Balaban J connectivity index is 1.31. The Morgan fingerprint density at radius 1 is 1.07 bits per heavy atom. The van der Waals surface area contributed by atoms with E-state index in [1.165, 1.54) is 18.4 Å². The molecular weight excluding hydrogens is 360 g/mol. The first-order chi connectivity index (χ1) is 14.1. The van der Waals surface area contributed by atoms with Crippen LogP contribution in [0.3, 0.4) is 0 Å². The Kier molecular flexibility index (Phi) is 6.19. The molecule has 0 unspecified atom stereocenters. The molecule has 3 atom stereocenters. The maximum atomic E-state index is 12.5. The lowest BCUT2D eigenvalue weighted by Crippen LogP contribution is -2.43. The number of carbonyl (C=O) groups excluding carboxylic acids is 1. The van der Waals surface area contributed by atoms with E-state index in [2.05, 4.69) is 30.3 Å². The van der Waals surface area contributed by atoms with Crippen molar-refractivity contribution in [1.82, 2.24) is 10.2 Å². The van der Waals surface area contributed by atoms with Crippen molar-refractivity contribution in [2.45, 2.75) is 70.2 Å². The van der Waals surface area contributed by atoms with Crippen molar-refractivity contribution in [3.05, 3.63) is 65.2 Å². The van der Waals surface area contributed by atoms with Crippen molar-refractivity contribution in [1.29, 1.82) is 0 Å². The molecule has 2 fully saturated rings. The summed E-state index contributed by atoms with van der Waals surface area (Å²) in [6, 6.07) is 17.4. The van der Waals surface area contributed by atoms with E-state index in [4.69, 9.17) is 4.74 Å². The van der Waals surface area contributed by atoms with Crippen LogP contribution < -0.4 is 10.1 Å². The van der Waals surface area contributed by atoms with Gasteiger partial charge in [-0.3, -0.25) is 4.79 Å². The van der Waals surface area contributed by atoms with Gasteiger partial charge in [-0.2, -0.15) is 0 Å². The molecule has 2 aromatic carbocycles. The van der Waals surface area contributed by atoms with Crippen molar-refractivity contribution >= 4 is 5.91 Å². The maximum Gasteiger partial charge on any atom is 0.251 e. The zero-order valence-electron chi connectivity index (χ0n) is 17.6. The molecule has 0 aromatic heterocycles. The van der Waals surface area contributed by atoms with Gasteiger partial charge >= 0.3 is 0 Å². The average molecular weight is 393 g/mol. The van der Waals surface area contributed by atoms with Gasteiger partial charge in [-0.25, -0.2) is 0 Å². The lowest BCUT2D eigenvalue weighted by atomic mass is 10.0. The molecule has 2 bridgehead atoms. The van der Waals surface area contributed by atoms with Crippen LogP contribution in [0.15, 0.2) is 48.5 Å². The van der Waals surface area contributed by atoms with Gasteiger partial charge in [0.15, 0.2) is 0 Å². The first kappa shape index (κ1) is 20.0. The van der Waals surface area contributed by atoms with E-state index in [1.54, 1.807) is 0 Å². The zero-order chi connectivity index (χ0) is 20.2. The molecule has 4 heteroatoms. The van der Waals surface area contributed by atoms with Crippen LogP contribution in [0.25, 0.3) is 0 Å². The van der Waals surface area contributed by atoms with Crippen molar-refractivity contribution in [2.24, 2.45) is 0 Å². The fourth-order valence-corrected chi connectivity index (χ4v) is 4.77. The van der Waals surface area contributed by atoms with E-state index in [0.717, 1.165) is 37.0 Å². The van der Waals surface area contributed by atoms with Crippen LogP contribution in [-0.4, -0.2) is 36.0 Å². The molecule has 1 N–H and O–H groups in total. The molecule has 29 heavy (non-hydrogen) atoms. The van der Waals surface area contributed by atoms with Crippen LogP contribution in [-0.2, 0) is 13.0 Å². The van der Waals surface area contributed by atoms with Gasteiger partial charge in [-0.05, 0) is 74.5 Å². The van der Waals surface area contributed by atoms with Gasteiger partial charge in [0, 0.05) is 24.2 Å². The summed E-state index contributed by atoms with van der Waals surface area (Å²) in [7, 11) is 2.25. The summed E-state index contributed by atoms with van der Waals surface area (Å²) < 4.78 is 6.31.